The number of piperidine rings is 1. The predicted octanol–water partition coefficient (Wildman–Crippen LogP) is 2.61. The molecular weight excluding hydrogens is 302 g/mol. The molecule has 0 aliphatic carbocycles. The Bertz CT molecular complexity index is 556. The second-order valence-electron chi connectivity index (χ2n) is 6.87. The molecule has 1 fully saturated rings. The number of amides is 3. The van der Waals surface area contributed by atoms with E-state index in [1.807, 2.05) is 4.90 Å². The Morgan fingerprint density at radius 3 is 2.67 bits per heavy atom. The lowest BCUT2D eigenvalue weighted by molar-refractivity contribution is -0.119. The number of likely N-dealkylation sites (tertiary alicyclic amines) is 1. The highest BCUT2D eigenvalue weighted by molar-refractivity contribution is 5.76. The maximum Gasteiger partial charge on any atom is 0.317 e. The van der Waals surface area contributed by atoms with Gasteiger partial charge in [0.1, 0.15) is 0 Å². The van der Waals surface area contributed by atoms with Crippen LogP contribution in [0.3, 0.4) is 0 Å². The molecule has 132 valence electrons. The number of nitrogens with zero attached hydrogens (tertiary/aromatic N) is 1. The molecule has 1 heterocycles. The number of benzene rings is 1. The Morgan fingerprint density at radius 2 is 2.04 bits per heavy atom. The zero-order chi connectivity index (χ0) is 17.5. The molecule has 1 aliphatic heterocycles. The minimum absolute atomic E-state index is 0.0249. The lowest BCUT2D eigenvalue weighted by atomic mass is 9.95. The number of hydrogen-bond donors (Lipinski definition) is 2. The Kier molecular flexibility index (Phi) is 6.64. The highest BCUT2D eigenvalue weighted by atomic mass is 16.2. The van der Waals surface area contributed by atoms with Crippen molar-refractivity contribution < 1.29 is 9.59 Å². The summed E-state index contributed by atoms with van der Waals surface area (Å²) in [7, 11) is 0. The Morgan fingerprint density at radius 1 is 1.33 bits per heavy atom. The van der Waals surface area contributed by atoms with Gasteiger partial charge in [-0.3, -0.25) is 4.79 Å². The SMILES string of the molecule is CC[C@H](Cc1ccc(C)cc1)NC(=O)N1CCC[C@@H](CC(N)=O)C1. The van der Waals surface area contributed by atoms with E-state index in [1.54, 1.807) is 0 Å². The average molecular weight is 331 g/mol. The molecule has 1 aliphatic rings. The number of hydrogen-bond acceptors (Lipinski definition) is 2. The zero-order valence-corrected chi connectivity index (χ0v) is 14.8. The normalized spacial score (nSPS) is 18.9. The van der Waals surface area contributed by atoms with Gasteiger partial charge >= 0.3 is 6.03 Å². The average Bonchev–Trinajstić information content (AvgIpc) is 2.55. The van der Waals surface area contributed by atoms with Gasteiger partial charge in [0.05, 0.1) is 0 Å². The summed E-state index contributed by atoms with van der Waals surface area (Å²) in [4.78, 5) is 25.5. The van der Waals surface area contributed by atoms with E-state index in [0.717, 1.165) is 32.2 Å². The summed E-state index contributed by atoms with van der Waals surface area (Å²) in [5.74, 6) is -0.0905. The van der Waals surface area contributed by atoms with Crippen molar-refractivity contribution >= 4 is 11.9 Å². The fraction of sp³-hybridized carbons (Fsp3) is 0.579. The van der Waals surface area contributed by atoms with Gasteiger partial charge in [-0.2, -0.15) is 0 Å². The van der Waals surface area contributed by atoms with Gasteiger partial charge < -0.3 is 16.0 Å². The van der Waals surface area contributed by atoms with Gasteiger partial charge in [0.25, 0.3) is 0 Å². The lowest BCUT2D eigenvalue weighted by Crippen LogP contribution is -2.49. The van der Waals surface area contributed by atoms with Crippen molar-refractivity contribution in [2.45, 2.75) is 52.0 Å². The number of rotatable bonds is 6. The van der Waals surface area contributed by atoms with Crippen LogP contribution in [-0.4, -0.2) is 36.0 Å². The summed E-state index contributed by atoms with van der Waals surface area (Å²) in [6.45, 7) is 5.53. The third-order valence-corrected chi connectivity index (χ3v) is 4.72. The van der Waals surface area contributed by atoms with Crippen molar-refractivity contribution in [2.75, 3.05) is 13.1 Å². The fourth-order valence-corrected chi connectivity index (χ4v) is 3.27. The van der Waals surface area contributed by atoms with Crippen LogP contribution in [0.15, 0.2) is 24.3 Å². The first kappa shape index (κ1) is 18.3. The van der Waals surface area contributed by atoms with Crippen LogP contribution < -0.4 is 11.1 Å². The molecule has 24 heavy (non-hydrogen) atoms. The molecule has 3 amide bonds. The topological polar surface area (TPSA) is 75.4 Å². The molecular formula is C19H29N3O2. The molecule has 2 rings (SSSR count). The monoisotopic (exact) mass is 331 g/mol. The Balaban J connectivity index is 1.88. The van der Waals surface area contributed by atoms with Crippen LogP contribution in [0, 0.1) is 12.8 Å². The van der Waals surface area contributed by atoms with E-state index in [1.165, 1.54) is 11.1 Å². The second kappa shape index (κ2) is 8.71. The summed E-state index contributed by atoms with van der Waals surface area (Å²) >= 11 is 0. The zero-order valence-electron chi connectivity index (χ0n) is 14.8. The van der Waals surface area contributed by atoms with Gasteiger partial charge in [0.15, 0.2) is 0 Å². The van der Waals surface area contributed by atoms with Crippen molar-refractivity contribution in [1.82, 2.24) is 10.2 Å². The van der Waals surface area contributed by atoms with Crippen LogP contribution in [0.4, 0.5) is 4.79 Å². The van der Waals surface area contributed by atoms with E-state index in [4.69, 9.17) is 5.73 Å². The van der Waals surface area contributed by atoms with Gasteiger partial charge in [0.2, 0.25) is 5.91 Å². The van der Waals surface area contributed by atoms with Crippen molar-refractivity contribution in [2.24, 2.45) is 11.7 Å². The van der Waals surface area contributed by atoms with Crippen LogP contribution in [0.25, 0.3) is 0 Å². The number of primary amides is 1. The highest BCUT2D eigenvalue weighted by Crippen LogP contribution is 2.19. The molecule has 3 N–H and O–H groups in total. The highest BCUT2D eigenvalue weighted by Gasteiger charge is 2.25. The number of nitrogens with two attached hydrogens (primary N) is 1. The standard InChI is InChI=1S/C19H29N3O2/c1-3-17(11-15-8-6-14(2)7-9-15)21-19(24)22-10-4-5-16(13-22)12-18(20)23/h6-9,16-17H,3-5,10-13H2,1-2H3,(H2,20,23)(H,21,24)/t16-,17+/m0/s1. The van der Waals surface area contributed by atoms with Gasteiger partial charge in [0, 0.05) is 25.6 Å². The first-order chi connectivity index (χ1) is 11.5. The number of carbonyl (C=O) groups is 2. The summed E-state index contributed by atoms with van der Waals surface area (Å²) in [6, 6.07) is 8.54. The summed E-state index contributed by atoms with van der Waals surface area (Å²) in [6.07, 6.45) is 3.98. The summed E-state index contributed by atoms with van der Waals surface area (Å²) in [5, 5.41) is 3.14. The number of urea groups is 1. The van der Waals surface area contributed by atoms with Gasteiger partial charge in [-0.25, -0.2) is 4.79 Å². The molecule has 5 heteroatoms. The third kappa shape index (κ3) is 5.55. The van der Waals surface area contributed by atoms with Crippen LogP contribution in [-0.2, 0) is 11.2 Å². The van der Waals surface area contributed by atoms with Crippen molar-refractivity contribution in [3.8, 4) is 0 Å². The van der Waals surface area contributed by atoms with E-state index >= 15 is 0 Å². The minimum atomic E-state index is -0.284. The van der Waals surface area contributed by atoms with Crippen LogP contribution in [0.5, 0.6) is 0 Å². The minimum Gasteiger partial charge on any atom is -0.370 e. The predicted molar refractivity (Wildman–Crippen MR) is 95.6 cm³/mol. The van der Waals surface area contributed by atoms with Crippen molar-refractivity contribution in [3.63, 3.8) is 0 Å². The number of nitrogens with one attached hydrogen (secondary N) is 1. The maximum absolute atomic E-state index is 12.5. The number of aryl methyl sites for hydroxylation is 1. The molecule has 0 bridgehead atoms. The third-order valence-electron chi connectivity index (χ3n) is 4.72. The molecule has 1 saturated heterocycles. The van der Waals surface area contributed by atoms with Crippen molar-refractivity contribution in [1.29, 1.82) is 0 Å². The summed E-state index contributed by atoms with van der Waals surface area (Å²) in [5.41, 5.74) is 7.76. The molecule has 2 atom stereocenters. The lowest BCUT2D eigenvalue weighted by Gasteiger charge is -2.33. The number of carbonyl (C=O) groups excluding carboxylic acids is 2. The fourth-order valence-electron chi connectivity index (χ4n) is 3.27. The van der Waals surface area contributed by atoms with Crippen LogP contribution in [0.1, 0.15) is 43.7 Å². The van der Waals surface area contributed by atoms with Crippen molar-refractivity contribution in [3.05, 3.63) is 35.4 Å². The largest absolute Gasteiger partial charge is 0.370 e. The van der Waals surface area contributed by atoms with Gasteiger partial charge in [-0.1, -0.05) is 36.8 Å². The Labute approximate surface area is 144 Å². The van der Waals surface area contributed by atoms with E-state index in [2.05, 4.69) is 43.4 Å². The molecule has 0 aromatic heterocycles. The smallest absolute Gasteiger partial charge is 0.317 e. The van der Waals surface area contributed by atoms with Gasteiger partial charge in [-0.05, 0) is 44.1 Å². The molecule has 5 nitrogen and oxygen atoms in total. The molecule has 1 aromatic rings. The summed E-state index contributed by atoms with van der Waals surface area (Å²) < 4.78 is 0. The van der Waals surface area contributed by atoms with E-state index in [-0.39, 0.29) is 23.9 Å². The van der Waals surface area contributed by atoms with E-state index < -0.39 is 0 Å². The molecule has 0 radical (unpaired) electrons. The van der Waals surface area contributed by atoms with E-state index in [9.17, 15) is 9.59 Å². The molecule has 0 saturated carbocycles. The van der Waals surface area contributed by atoms with Gasteiger partial charge in [-0.15, -0.1) is 0 Å². The second-order valence-corrected chi connectivity index (χ2v) is 6.87. The van der Waals surface area contributed by atoms with E-state index in [0.29, 0.717) is 13.0 Å². The first-order valence-corrected chi connectivity index (χ1v) is 8.87. The molecule has 0 spiro atoms. The van der Waals surface area contributed by atoms with Crippen LogP contribution in [0.2, 0.25) is 0 Å². The maximum atomic E-state index is 12.5. The molecule has 0 unspecified atom stereocenters. The molecule has 1 aromatic carbocycles. The first-order valence-electron chi connectivity index (χ1n) is 8.87. The Hall–Kier alpha value is -2.04. The van der Waals surface area contributed by atoms with Crippen LogP contribution >= 0.6 is 0 Å². The quantitative estimate of drug-likeness (QED) is 0.841.